The molecule has 198 valence electrons. The maximum atomic E-state index is 13.4. The van der Waals surface area contributed by atoms with Crippen LogP contribution in [0.2, 0.25) is 5.02 Å². The van der Waals surface area contributed by atoms with Crippen LogP contribution >= 0.6 is 11.6 Å². The SMILES string of the molecule is CCC(C)NC(=O)C(C)N(Cc1cccc(C)c1)C(=O)CCCN(c1cc(Cl)ccc1C)S(C)(=O)=O. The van der Waals surface area contributed by atoms with Gasteiger partial charge in [-0.3, -0.25) is 13.9 Å². The molecule has 0 aliphatic heterocycles. The summed E-state index contributed by atoms with van der Waals surface area (Å²) < 4.78 is 26.4. The fourth-order valence-electron chi connectivity index (χ4n) is 3.89. The van der Waals surface area contributed by atoms with Crippen molar-refractivity contribution >= 4 is 39.1 Å². The Bertz CT molecular complexity index is 1170. The zero-order valence-corrected chi connectivity index (χ0v) is 23.6. The second kappa shape index (κ2) is 13.1. The maximum absolute atomic E-state index is 13.4. The molecule has 2 rings (SSSR count). The minimum absolute atomic E-state index is 0.000117. The summed E-state index contributed by atoms with van der Waals surface area (Å²) in [6.07, 6.45) is 2.31. The van der Waals surface area contributed by atoms with Crippen LogP contribution in [0.25, 0.3) is 0 Å². The molecule has 1 N–H and O–H groups in total. The first-order valence-corrected chi connectivity index (χ1v) is 14.4. The molecule has 0 saturated heterocycles. The van der Waals surface area contributed by atoms with Crippen LogP contribution < -0.4 is 9.62 Å². The van der Waals surface area contributed by atoms with E-state index >= 15 is 0 Å². The molecule has 0 aliphatic rings. The zero-order valence-electron chi connectivity index (χ0n) is 22.0. The normalized spacial score (nSPS) is 13.1. The van der Waals surface area contributed by atoms with Gasteiger partial charge in [-0.2, -0.15) is 0 Å². The molecule has 0 bridgehead atoms. The van der Waals surface area contributed by atoms with E-state index in [0.29, 0.717) is 23.7 Å². The molecule has 2 amide bonds. The number of hydrogen-bond acceptors (Lipinski definition) is 4. The van der Waals surface area contributed by atoms with Crippen LogP contribution in [0.5, 0.6) is 0 Å². The molecule has 7 nitrogen and oxygen atoms in total. The van der Waals surface area contributed by atoms with E-state index in [1.54, 1.807) is 30.0 Å². The molecule has 2 aromatic rings. The Hall–Kier alpha value is -2.58. The monoisotopic (exact) mass is 535 g/mol. The fraction of sp³-hybridized carbons (Fsp3) is 0.481. The largest absolute Gasteiger partial charge is 0.352 e. The molecule has 0 saturated carbocycles. The predicted molar refractivity (Wildman–Crippen MR) is 147 cm³/mol. The average molecular weight is 536 g/mol. The van der Waals surface area contributed by atoms with Crippen molar-refractivity contribution in [3.05, 3.63) is 64.2 Å². The quantitative estimate of drug-likeness (QED) is 0.421. The van der Waals surface area contributed by atoms with Gasteiger partial charge in [-0.15, -0.1) is 0 Å². The first kappa shape index (κ1) is 29.6. The Kier molecular flexibility index (Phi) is 10.8. The van der Waals surface area contributed by atoms with E-state index in [4.69, 9.17) is 11.6 Å². The van der Waals surface area contributed by atoms with Crippen molar-refractivity contribution in [1.29, 1.82) is 0 Å². The minimum atomic E-state index is -3.59. The van der Waals surface area contributed by atoms with Gasteiger partial charge >= 0.3 is 0 Å². The molecule has 9 heteroatoms. The van der Waals surface area contributed by atoms with E-state index in [2.05, 4.69) is 5.32 Å². The van der Waals surface area contributed by atoms with Gasteiger partial charge in [0, 0.05) is 30.6 Å². The van der Waals surface area contributed by atoms with E-state index in [1.807, 2.05) is 52.0 Å². The lowest BCUT2D eigenvalue weighted by Crippen LogP contribution is -2.49. The standard InChI is InChI=1S/C27H38ClN3O4S/c1-7-21(4)29-27(33)22(5)30(18-23-11-8-10-19(2)16-23)26(32)12-9-15-31(36(6,34)35)25-17-24(28)14-13-20(25)3/h8,10-11,13-14,16-17,21-22H,7,9,12,15,18H2,1-6H3,(H,29,33). The highest BCUT2D eigenvalue weighted by molar-refractivity contribution is 7.92. The first-order chi connectivity index (χ1) is 16.8. The summed E-state index contributed by atoms with van der Waals surface area (Å²) in [6.45, 7) is 9.84. The number of benzene rings is 2. The molecule has 0 spiro atoms. The third-order valence-corrected chi connectivity index (χ3v) is 7.61. The molecule has 2 aromatic carbocycles. The van der Waals surface area contributed by atoms with Crippen LogP contribution in [0.15, 0.2) is 42.5 Å². The van der Waals surface area contributed by atoms with E-state index in [1.165, 1.54) is 4.31 Å². The van der Waals surface area contributed by atoms with Gasteiger partial charge in [-0.1, -0.05) is 54.4 Å². The summed E-state index contributed by atoms with van der Waals surface area (Å²) in [7, 11) is -3.59. The van der Waals surface area contributed by atoms with Crippen molar-refractivity contribution in [3.8, 4) is 0 Å². The summed E-state index contributed by atoms with van der Waals surface area (Å²) in [5.74, 6) is -0.419. The molecule has 0 aliphatic carbocycles. The minimum Gasteiger partial charge on any atom is -0.352 e. The number of carbonyl (C=O) groups excluding carboxylic acids is 2. The topological polar surface area (TPSA) is 86.8 Å². The van der Waals surface area contributed by atoms with Gasteiger partial charge in [-0.25, -0.2) is 8.42 Å². The highest BCUT2D eigenvalue weighted by Crippen LogP contribution is 2.27. The molecule has 2 atom stereocenters. The number of nitrogens with one attached hydrogen (secondary N) is 1. The van der Waals surface area contributed by atoms with Gasteiger partial charge in [0.05, 0.1) is 11.9 Å². The Morgan fingerprint density at radius 2 is 1.78 bits per heavy atom. The average Bonchev–Trinajstić information content (AvgIpc) is 2.80. The highest BCUT2D eigenvalue weighted by atomic mass is 35.5. The summed E-state index contributed by atoms with van der Waals surface area (Å²) in [5.41, 5.74) is 3.26. The second-order valence-electron chi connectivity index (χ2n) is 9.37. The van der Waals surface area contributed by atoms with Crippen molar-refractivity contribution in [1.82, 2.24) is 10.2 Å². The summed E-state index contributed by atoms with van der Waals surface area (Å²) >= 11 is 6.12. The Morgan fingerprint density at radius 1 is 1.08 bits per heavy atom. The molecule has 0 aromatic heterocycles. The van der Waals surface area contributed by atoms with Crippen LogP contribution in [0.4, 0.5) is 5.69 Å². The summed E-state index contributed by atoms with van der Waals surface area (Å²) in [5, 5.41) is 3.39. The van der Waals surface area contributed by atoms with Gasteiger partial charge in [-0.05, 0) is 63.8 Å². The first-order valence-electron chi connectivity index (χ1n) is 12.2. The summed E-state index contributed by atoms with van der Waals surface area (Å²) in [4.78, 5) is 27.8. The van der Waals surface area contributed by atoms with Gasteiger partial charge in [0.2, 0.25) is 21.8 Å². The maximum Gasteiger partial charge on any atom is 0.242 e. The van der Waals surface area contributed by atoms with Gasteiger partial charge in [0.1, 0.15) is 6.04 Å². The van der Waals surface area contributed by atoms with Crippen LogP contribution in [0.3, 0.4) is 0 Å². The number of aryl methyl sites for hydroxylation is 2. The number of sulfonamides is 1. The molecule has 2 unspecified atom stereocenters. The number of rotatable bonds is 12. The van der Waals surface area contributed by atoms with E-state index in [0.717, 1.165) is 29.4 Å². The smallest absolute Gasteiger partial charge is 0.242 e. The number of hydrogen-bond donors (Lipinski definition) is 1. The number of halogens is 1. The fourth-order valence-corrected chi connectivity index (χ4v) is 5.07. The van der Waals surface area contributed by atoms with Gasteiger partial charge < -0.3 is 10.2 Å². The number of nitrogens with zero attached hydrogens (tertiary/aromatic N) is 2. The Labute approximate surface area is 220 Å². The van der Waals surface area contributed by atoms with Gasteiger partial charge in [0.25, 0.3) is 0 Å². The van der Waals surface area contributed by atoms with Crippen LogP contribution in [-0.4, -0.2) is 50.0 Å². The molecule has 0 radical (unpaired) electrons. The van der Waals surface area contributed by atoms with E-state index in [9.17, 15) is 18.0 Å². The molecule has 0 fully saturated rings. The van der Waals surface area contributed by atoms with E-state index in [-0.39, 0.29) is 30.8 Å². The third kappa shape index (κ3) is 8.52. The molecule has 0 heterocycles. The Morgan fingerprint density at radius 3 is 2.39 bits per heavy atom. The molecule has 36 heavy (non-hydrogen) atoms. The molecular formula is C27H38ClN3O4S. The highest BCUT2D eigenvalue weighted by Gasteiger charge is 2.27. The van der Waals surface area contributed by atoms with Crippen molar-refractivity contribution in [2.24, 2.45) is 0 Å². The van der Waals surface area contributed by atoms with Gasteiger partial charge in [0.15, 0.2) is 0 Å². The van der Waals surface area contributed by atoms with Crippen molar-refractivity contribution in [3.63, 3.8) is 0 Å². The Balaban J connectivity index is 2.21. The third-order valence-electron chi connectivity index (χ3n) is 6.20. The molecular weight excluding hydrogens is 498 g/mol. The van der Waals surface area contributed by atoms with E-state index < -0.39 is 16.1 Å². The predicted octanol–water partition coefficient (Wildman–Crippen LogP) is 4.84. The van der Waals surface area contributed by atoms with Crippen molar-refractivity contribution < 1.29 is 18.0 Å². The van der Waals surface area contributed by atoms with Crippen molar-refractivity contribution in [2.75, 3.05) is 17.1 Å². The van der Waals surface area contributed by atoms with Crippen molar-refractivity contribution in [2.45, 2.75) is 72.5 Å². The number of anilines is 1. The number of amides is 2. The lowest BCUT2D eigenvalue weighted by Gasteiger charge is -2.30. The summed E-state index contributed by atoms with van der Waals surface area (Å²) in [6, 6.07) is 12.2. The number of carbonyl (C=O) groups is 2. The lowest BCUT2D eigenvalue weighted by molar-refractivity contribution is -0.140. The van der Waals surface area contributed by atoms with Crippen LogP contribution in [0, 0.1) is 13.8 Å². The lowest BCUT2D eigenvalue weighted by atomic mass is 10.1. The van der Waals surface area contributed by atoms with Crippen LogP contribution in [-0.2, 0) is 26.2 Å². The zero-order chi connectivity index (χ0) is 27.0. The second-order valence-corrected chi connectivity index (χ2v) is 11.7. The van der Waals surface area contributed by atoms with Crippen LogP contribution in [0.1, 0.15) is 56.7 Å².